The van der Waals surface area contributed by atoms with Gasteiger partial charge in [0, 0.05) is 56.6 Å². The predicted molar refractivity (Wildman–Crippen MR) is 92.3 cm³/mol. The van der Waals surface area contributed by atoms with Gasteiger partial charge in [0.05, 0.1) is 32.6 Å². The minimum absolute atomic E-state index is 0.289. The second-order valence-electron chi connectivity index (χ2n) is 6.55. The highest BCUT2D eigenvalue weighted by atomic mass is 32.1. The summed E-state index contributed by atoms with van der Waals surface area (Å²) < 4.78 is 14.0. The second kappa shape index (κ2) is 6.79. The first-order chi connectivity index (χ1) is 11.7. The molecule has 2 aliphatic rings. The fraction of sp³-hybridized carbons (Fsp3) is 0.625. The monoisotopic (exact) mass is 349 g/mol. The predicted octanol–water partition coefficient (Wildman–Crippen LogP) is 0.984. The molecule has 2 fully saturated rings. The first-order valence-corrected chi connectivity index (χ1v) is 9.16. The lowest BCUT2D eigenvalue weighted by molar-refractivity contribution is -0.134. The molecule has 0 saturated carbocycles. The maximum absolute atomic E-state index is 6.24. The van der Waals surface area contributed by atoms with E-state index in [9.17, 15) is 0 Å². The molecule has 24 heavy (non-hydrogen) atoms. The molecule has 0 N–H and O–H groups in total. The Labute approximate surface area is 145 Å². The van der Waals surface area contributed by atoms with Gasteiger partial charge >= 0.3 is 0 Å². The first-order valence-electron chi connectivity index (χ1n) is 8.29. The summed E-state index contributed by atoms with van der Waals surface area (Å²) in [6.07, 6.45) is 5.87. The number of hydrogen-bond acceptors (Lipinski definition) is 7. The van der Waals surface area contributed by atoms with Crippen LogP contribution in [0, 0.1) is 0 Å². The third kappa shape index (κ3) is 3.46. The van der Waals surface area contributed by atoms with Crippen LogP contribution in [-0.4, -0.2) is 71.3 Å². The molecule has 4 rings (SSSR count). The fourth-order valence-corrected chi connectivity index (χ4v) is 4.16. The van der Waals surface area contributed by atoms with Crippen molar-refractivity contribution >= 4 is 16.5 Å². The molecule has 0 radical (unpaired) electrons. The molecule has 2 aromatic heterocycles. The van der Waals surface area contributed by atoms with E-state index in [1.807, 2.05) is 29.5 Å². The van der Waals surface area contributed by atoms with Crippen molar-refractivity contribution in [1.82, 2.24) is 19.7 Å². The molecule has 0 aromatic carbocycles. The van der Waals surface area contributed by atoms with Crippen LogP contribution in [0.5, 0.6) is 0 Å². The summed E-state index contributed by atoms with van der Waals surface area (Å²) in [5, 5.41) is 7.33. The lowest BCUT2D eigenvalue weighted by Gasteiger charge is -2.43. The van der Waals surface area contributed by atoms with E-state index in [0.29, 0.717) is 13.2 Å². The van der Waals surface area contributed by atoms with E-state index in [0.717, 1.165) is 44.5 Å². The Morgan fingerprint density at radius 3 is 3.04 bits per heavy atom. The highest BCUT2D eigenvalue weighted by molar-refractivity contribution is 7.13. The Kier molecular flexibility index (Phi) is 4.53. The molecule has 0 aliphatic carbocycles. The molecule has 1 atom stereocenters. The summed E-state index contributed by atoms with van der Waals surface area (Å²) in [5.41, 5.74) is 0.948. The van der Waals surface area contributed by atoms with Gasteiger partial charge in [-0.2, -0.15) is 5.10 Å². The summed E-state index contributed by atoms with van der Waals surface area (Å²) in [5.74, 6) is 0. The smallest absolute Gasteiger partial charge is 0.185 e. The van der Waals surface area contributed by atoms with Gasteiger partial charge < -0.3 is 14.4 Å². The molecule has 2 aromatic rings. The van der Waals surface area contributed by atoms with Crippen molar-refractivity contribution in [1.29, 1.82) is 0 Å². The molecule has 0 amide bonds. The molecule has 4 heterocycles. The number of rotatable bonds is 3. The molecule has 2 aliphatic heterocycles. The maximum Gasteiger partial charge on any atom is 0.185 e. The number of thiazole rings is 1. The third-order valence-corrected chi connectivity index (χ3v) is 5.36. The average molecular weight is 349 g/mol. The number of hydrogen-bond donors (Lipinski definition) is 0. The topological polar surface area (TPSA) is 55.6 Å². The molecule has 130 valence electrons. The van der Waals surface area contributed by atoms with Crippen molar-refractivity contribution in [3.8, 4) is 0 Å². The Morgan fingerprint density at radius 1 is 1.29 bits per heavy atom. The number of anilines is 1. The number of nitrogens with zero attached hydrogens (tertiary/aromatic N) is 5. The zero-order valence-electron chi connectivity index (χ0n) is 13.9. The van der Waals surface area contributed by atoms with E-state index in [2.05, 4.69) is 26.1 Å². The van der Waals surface area contributed by atoms with Gasteiger partial charge in [-0.15, -0.1) is 11.3 Å². The molecule has 0 bridgehead atoms. The lowest BCUT2D eigenvalue weighted by Crippen LogP contribution is -2.58. The molecular weight excluding hydrogens is 326 g/mol. The van der Waals surface area contributed by atoms with Gasteiger partial charge in [-0.25, -0.2) is 4.98 Å². The molecular formula is C16H23N5O2S. The summed E-state index contributed by atoms with van der Waals surface area (Å²) in [6, 6.07) is 0. The molecule has 7 nitrogen and oxygen atoms in total. The number of morpholine rings is 1. The fourth-order valence-electron chi connectivity index (χ4n) is 3.49. The van der Waals surface area contributed by atoms with Crippen LogP contribution in [0.2, 0.25) is 0 Å². The van der Waals surface area contributed by atoms with Crippen LogP contribution >= 0.6 is 11.3 Å². The van der Waals surface area contributed by atoms with Crippen LogP contribution in [-0.2, 0) is 23.1 Å². The van der Waals surface area contributed by atoms with Gasteiger partial charge in [0.1, 0.15) is 5.60 Å². The minimum atomic E-state index is -0.289. The summed E-state index contributed by atoms with van der Waals surface area (Å²) >= 11 is 1.67. The van der Waals surface area contributed by atoms with Crippen molar-refractivity contribution in [2.24, 2.45) is 7.05 Å². The van der Waals surface area contributed by atoms with Gasteiger partial charge in [0.2, 0.25) is 0 Å². The van der Waals surface area contributed by atoms with E-state index in [1.54, 1.807) is 11.3 Å². The summed E-state index contributed by atoms with van der Waals surface area (Å²) in [4.78, 5) is 9.19. The van der Waals surface area contributed by atoms with Crippen molar-refractivity contribution in [2.45, 2.75) is 12.1 Å². The largest absolute Gasteiger partial charge is 0.376 e. The van der Waals surface area contributed by atoms with Gasteiger partial charge in [-0.3, -0.25) is 9.58 Å². The number of aryl methyl sites for hydroxylation is 1. The SMILES string of the molecule is Cn1cc(CN2CCOC3(COCCN(c4nccs4)C3)C2)cn1. The van der Waals surface area contributed by atoms with Crippen LogP contribution in [0.1, 0.15) is 5.56 Å². The van der Waals surface area contributed by atoms with Gasteiger partial charge in [-0.1, -0.05) is 0 Å². The Morgan fingerprint density at radius 2 is 2.25 bits per heavy atom. The van der Waals surface area contributed by atoms with E-state index in [1.165, 1.54) is 5.56 Å². The molecule has 1 spiro atoms. The van der Waals surface area contributed by atoms with Crippen LogP contribution < -0.4 is 4.90 Å². The van der Waals surface area contributed by atoms with Crippen molar-refractivity contribution in [3.63, 3.8) is 0 Å². The third-order valence-electron chi connectivity index (χ3n) is 4.53. The Balaban J connectivity index is 1.47. The van der Waals surface area contributed by atoms with E-state index >= 15 is 0 Å². The van der Waals surface area contributed by atoms with Crippen molar-refractivity contribution in [3.05, 3.63) is 29.5 Å². The Bertz CT molecular complexity index is 661. The maximum atomic E-state index is 6.24. The zero-order chi connectivity index (χ0) is 16.4. The van der Waals surface area contributed by atoms with Gasteiger partial charge in [-0.05, 0) is 0 Å². The van der Waals surface area contributed by atoms with Crippen LogP contribution in [0.4, 0.5) is 5.13 Å². The standard InChI is InChI=1S/C16H23N5O2S/c1-19-9-14(8-18-19)10-20-3-6-23-16(11-20)12-21(4-5-22-13-16)15-17-2-7-24-15/h2,7-9H,3-6,10-13H2,1H3. The van der Waals surface area contributed by atoms with E-state index in [-0.39, 0.29) is 5.60 Å². The Hall–Kier alpha value is -1.48. The average Bonchev–Trinajstić information content (AvgIpc) is 3.19. The highest BCUT2D eigenvalue weighted by Crippen LogP contribution is 2.27. The summed E-state index contributed by atoms with van der Waals surface area (Å²) in [6.45, 7) is 6.47. The second-order valence-corrected chi connectivity index (χ2v) is 7.43. The molecule has 1 unspecified atom stereocenters. The van der Waals surface area contributed by atoms with E-state index < -0.39 is 0 Å². The van der Waals surface area contributed by atoms with Gasteiger partial charge in [0.15, 0.2) is 5.13 Å². The zero-order valence-corrected chi connectivity index (χ0v) is 14.7. The molecule has 8 heteroatoms. The van der Waals surface area contributed by atoms with Crippen molar-refractivity contribution in [2.75, 3.05) is 50.9 Å². The quantitative estimate of drug-likeness (QED) is 0.824. The van der Waals surface area contributed by atoms with Crippen molar-refractivity contribution < 1.29 is 9.47 Å². The van der Waals surface area contributed by atoms with Crippen LogP contribution in [0.25, 0.3) is 0 Å². The normalized spacial score (nSPS) is 26.0. The van der Waals surface area contributed by atoms with Crippen LogP contribution in [0.15, 0.2) is 24.0 Å². The van der Waals surface area contributed by atoms with Gasteiger partial charge in [0.25, 0.3) is 0 Å². The van der Waals surface area contributed by atoms with Crippen LogP contribution in [0.3, 0.4) is 0 Å². The summed E-state index contributed by atoms with van der Waals surface area (Å²) in [7, 11) is 1.95. The first kappa shape index (κ1) is 16.0. The molecule has 2 saturated heterocycles. The number of ether oxygens (including phenoxy) is 2. The lowest BCUT2D eigenvalue weighted by atomic mass is 10.0. The highest BCUT2D eigenvalue weighted by Gasteiger charge is 2.40. The minimum Gasteiger partial charge on any atom is -0.376 e. The van der Waals surface area contributed by atoms with E-state index in [4.69, 9.17) is 9.47 Å². The number of aromatic nitrogens is 3.